The van der Waals surface area contributed by atoms with E-state index in [9.17, 15) is 0 Å². The van der Waals surface area contributed by atoms with Gasteiger partial charge in [0.25, 0.3) is 0 Å². The minimum absolute atomic E-state index is 0.699. The highest BCUT2D eigenvalue weighted by Crippen LogP contribution is 2.35. The number of aryl methyl sites for hydroxylation is 1. The number of anilines is 1. The molecule has 1 aliphatic carbocycles. The molecule has 0 bridgehead atoms. The second-order valence-corrected chi connectivity index (χ2v) is 4.94. The van der Waals surface area contributed by atoms with Crippen LogP contribution < -0.4 is 10.6 Å². The Morgan fingerprint density at radius 2 is 2.19 bits per heavy atom. The number of nitrogens with two attached hydrogens (primary N) is 1. The Morgan fingerprint density at radius 3 is 2.88 bits per heavy atom. The van der Waals surface area contributed by atoms with Crippen molar-refractivity contribution in [3.63, 3.8) is 0 Å². The highest BCUT2D eigenvalue weighted by Gasteiger charge is 2.19. The molecule has 0 aromatic heterocycles. The summed E-state index contributed by atoms with van der Waals surface area (Å²) in [5.41, 5.74) is 10.1. The van der Waals surface area contributed by atoms with Crippen LogP contribution in [0, 0.1) is 0 Å². The standard InChI is InChI=1S/C14H22N2/c1-16(2)13-6-7-14-11(8-9-15)4-3-5-12(14)10-13/h6-7,10-11H,3-5,8-9,15H2,1-2H3. The highest BCUT2D eigenvalue weighted by molar-refractivity contribution is 5.51. The molecule has 2 N–H and O–H groups in total. The molecule has 1 aromatic carbocycles. The maximum absolute atomic E-state index is 5.69. The Labute approximate surface area is 98.4 Å². The summed E-state index contributed by atoms with van der Waals surface area (Å²) in [6.07, 6.45) is 4.99. The number of hydrogen-bond donors (Lipinski definition) is 1. The Morgan fingerprint density at radius 1 is 1.38 bits per heavy atom. The van der Waals surface area contributed by atoms with Crippen molar-refractivity contribution in [1.82, 2.24) is 0 Å². The van der Waals surface area contributed by atoms with Gasteiger partial charge in [-0.15, -0.1) is 0 Å². The van der Waals surface area contributed by atoms with Gasteiger partial charge < -0.3 is 10.6 Å². The van der Waals surface area contributed by atoms with Crippen molar-refractivity contribution in [2.24, 2.45) is 5.73 Å². The SMILES string of the molecule is CN(C)c1ccc2c(c1)CCCC2CCN. The van der Waals surface area contributed by atoms with Crippen molar-refractivity contribution >= 4 is 5.69 Å². The summed E-state index contributed by atoms with van der Waals surface area (Å²) >= 11 is 0. The molecule has 88 valence electrons. The summed E-state index contributed by atoms with van der Waals surface area (Å²) in [5.74, 6) is 0.699. The lowest BCUT2D eigenvalue weighted by molar-refractivity contribution is 0.526. The van der Waals surface area contributed by atoms with Crippen LogP contribution in [0.15, 0.2) is 18.2 Å². The van der Waals surface area contributed by atoms with Crippen molar-refractivity contribution in [2.75, 3.05) is 25.5 Å². The van der Waals surface area contributed by atoms with Crippen LogP contribution in [0.25, 0.3) is 0 Å². The van der Waals surface area contributed by atoms with E-state index in [1.807, 2.05) is 0 Å². The van der Waals surface area contributed by atoms with Gasteiger partial charge >= 0.3 is 0 Å². The number of fused-ring (bicyclic) bond motifs is 1. The van der Waals surface area contributed by atoms with E-state index in [0.717, 1.165) is 13.0 Å². The van der Waals surface area contributed by atoms with Crippen LogP contribution in [0.4, 0.5) is 5.69 Å². The van der Waals surface area contributed by atoms with Crippen LogP contribution in [-0.2, 0) is 6.42 Å². The summed E-state index contributed by atoms with van der Waals surface area (Å²) in [6, 6.07) is 6.88. The van der Waals surface area contributed by atoms with Crippen molar-refractivity contribution in [2.45, 2.75) is 31.6 Å². The molecule has 1 atom stereocenters. The molecule has 1 aromatic rings. The van der Waals surface area contributed by atoms with Gasteiger partial charge in [0.05, 0.1) is 0 Å². The summed E-state index contributed by atoms with van der Waals surface area (Å²) in [5, 5.41) is 0. The molecule has 0 aliphatic heterocycles. The smallest absolute Gasteiger partial charge is 0.0363 e. The summed E-state index contributed by atoms with van der Waals surface area (Å²) in [7, 11) is 4.20. The molecule has 1 aliphatic rings. The first-order chi connectivity index (χ1) is 7.72. The molecule has 0 fully saturated rings. The summed E-state index contributed by atoms with van der Waals surface area (Å²) in [4.78, 5) is 2.17. The molecule has 0 spiro atoms. The topological polar surface area (TPSA) is 29.3 Å². The minimum atomic E-state index is 0.699. The zero-order valence-electron chi connectivity index (χ0n) is 10.4. The van der Waals surface area contributed by atoms with E-state index in [0.29, 0.717) is 5.92 Å². The predicted molar refractivity (Wildman–Crippen MR) is 70.1 cm³/mol. The van der Waals surface area contributed by atoms with Crippen LogP contribution in [0.2, 0.25) is 0 Å². The number of benzene rings is 1. The first kappa shape index (κ1) is 11.5. The van der Waals surface area contributed by atoms with Gasteiger partial charge in [-0.1, -0.05) is 6.07 Å². The second-order valence-electron chi connectivity index (χ2n) is 4.94. The largest absolute Gasteiger partial charge is 0.378 e. The summed E-state index contributed by atoms with van der Waals surface area (Å²) in [6.45, 7) is 0.805. The Hall–Kier alpha value is -1.02. The number of rotatable bonds is 3. The van der Waals surface area contributed by atoms with Crippen molar-refractivity contribution < 1.29 is 0 Å². The molecule has 16 heavy (non-hydrogen) atoms. The molecule has 1 unspecified atom stereocenters. The molecule has 2 rings (SSSR count). The van der Waals surface area contributed by atoms with Crippen LogP contribution in [0.3, 0.4) is 0 Å². The van der Waals surface area contributed by atoms with E-state index < -0.39 is 0 Å². The lowest BCUT2D eigenvalue weighted by Gasteiger charge is -2.26. The molecule has 0 radical (unpaired) electrons. The average Bonchev–Trinajstić information content (AvgIpc) is 2.29. The van der Waals surface area contributed by atoms with E-state index >= 15 is 0 Å². The molecule has 0 saturated heterocycles. The zero-order valence-corrected chi connectivity index (χ0v) is 10.4. The monoisotopic (exact) mass is 218 g/mol. The molecular formula is C14H22N2. The van der Waals surface area contributed by atoms with E-state index in [2.05, 4.69) is 37.2 Å². The Kier molecular flexibility index (Phi) is 3.49. The zero-order chi connectivity index (χ0) is 11.5. The first-order valence-corrected chi connectivity index (χ1v) is 6.22. The first-order valence-electron chi connectivity index (χ1n) is 6.22. The van der Waals surface area contributed by atoms with Gasteiger partial charge in [-0.25, -0.2) is 0 Å². The van der Waals surface area contributed by atoms with Gasteiger partial charge in [-0.05, 0) is 61.4 Å². The maximum Gasteiger partial charge on any atom is 0.0363 e. The average molecular weight is 218 g/mol. The number of nitrogens with zero attached hydrogens (tertiary/aromatic N) is 1. The van der Waals surface area contributed by atoms with Crippen LogP contribution in [0.1, 0.15) is 36.3 Å². The third-order valence-electron chi connectivity index (χ3n) is 3.60. The fourth-order valence-electron chi connectivity index (χ4n) is 2.68. The molecular weight excluding hydrogens is 196 g/mol. The predicted octanol–water partition coefficient (Wildman–Crippen LogP) is 2.52. The fourth-order valence-corrected chi connectivity index (χ4v) is 2.68. The van der Waals surface area contributed by atoms with Gasteiger partial charge in [0.2, 0.25) is 0 Å². The Bertz CT molecular complexity index is 358. The normalized spacial score (nSPS) is 19.3. The van der Waals surface area contributed by atoms with Gasteiger partial charge in [0.1, 0.15) is 0 Å². The third-order valence-corrected chi connectivity index (χ3v) is 3.60. The van der Waals surface area contributed by atoms with Crippen LogP contribution in [-0.4, -0.2) is 20.6 Å². The van der Waals surface area contributed by atoms with E-state index in [1.165, 1.54) is 30.5 Å². The highest BCUT2D eigenvalue weighted by atomic mass is 15.1. The maximum atomic E-state index is 5.69. The quantitative estimate of drug-likeness (QED) is 0.844. The molecule has 0 saturated carbocycles. The molecule has 2 nitrogen and oxygen atoms in total. The summed E-state index contributed by atoms with van der Waals surface area (Å²) < 4.78 is 0. The van der Waals surface area contributed by atoms with E-state index in [1.54, 1.807) is 5.56 Å². The van der Waals surface area contributed by atoms with Crippen LogP contribution in [0.5, 0.6) is 0 Å². The van der Waals surface area contributed by atoms with E-state index in [4.69, 9.17) is 5.73 Å². The lowest BCUT2D eigenvalue weighted by Crippen LogP contribution is -2.15. The van der Waals surface area contributed by atoms with E-state index in [-0.39, 0.29) is 0 Å². The Balaban J connectivity index is 2.29. The second kappa shape index (κ2) is 4.88. The van der Waals surface area contributed by atoms with Crippen LogP contribution >= 0.6 is 0 Å². The lowest BCUT2D eigenvalue weighted by atomic mass is 9.81. The molecule has 0 amide bonds. The molecule has 0 heterocycles. The van der Waals surface area contributed by atoms with Gasteiger partial charge in [0, 0.05) is 19.8 Å². The van der Waals surface area contributed by atoms with Gasteiger partial charge in [0.15, 0.2) is 0 Å². The fraction of sp³-hybridized carbons (Fsp3) is 0.571. The van der Waals surface area contributed by atoms with Crippen molar-refractivity contribution in [3.8, 4) is 0 Å². The van der Waals surface area contributed by atoms with Gasteiger partial charge in [-0.3, -0.25) is 0 Å². The molecule has 2 heteroatoms. The minimum Gasteiger partial charge on any atom is -0.378 e. The van der Waals surface area contributed by atoms with Gasteiger partial charge in [-0.2, -0.15) is 0 Å². The van der Waals surface area contributed by atoms with Crippen molar-refractivity contribution in [3.05, 3.63) is 29.3 Å². The third kappa shape index (κ3) is 2.22. The number of hydrogen-bond acceptors (Lipinski definition) is 2. The van der Waals surface area contributed by atoms with Crippen molar-refractivity contribution in [1.29, 1.82) is 0 Å².